The Hall–Kier alpha value is -0.910. The second-order valence-electron chi connectivity index (χ2n) is 5.98. The highest BCUT2D eigenvalue weighted by Crippen LogP contribution is 2.51. The lowest BCUT2D eigenvalue weighted by atomic mass is 9.85. The van der Waals surface area contributed by atoms with E-state index in [1.807, 2.05) is 20.8 Å². The molecule has 1 aromatic carbocycles. The number of hydrogen-bond acceptors (Lipinski definition) is 6. The van der Waals surface area contributed by atoms with Crippen LogP contribution in [0.25, 0.3) is 0 Å². The van der Waals surface area contributed by atoms with E-state index in [0.29, 0.717) is 5.56 Å². The summed E-state index contributed by atoms with van der Waals surface area (Å²) in [5.41, 5.74) is 1.17. The Bertz CT molecular complexity index is 511. The number of aliphatic hydroxyl groups excluding tert-OH is 2. The summed E-state index contributed by atoms with van der Waals surface area (Å²) in [6.45, 7) is 5.16. The average molecular weight is 332 g/mol. The quantitative estimate of drug-likeness (QED) is 0.633. The Morgan fingerprint density at radius 3 is 2.09 bits per heavy atom. The van der Waals surface area contributed by atoms with Gasteiger partial charge in [0.05, 0.1) is 32.6 Å². The van der Waals surface area contributed by atoms with Crippen LogP contribution >= 0.6 is 7.60 Å². The third kappa shape index (κ3) is 5.71. The van der Waals surface area contributed by atoms with E-state index < -0.39 is 7.60 Å². The molecule has 3 N–H and O–H groups in total. The van der Waals surface area contributed by atoms with E-state index in [9.17, 15) is 9.67 Å². The zero-order valence-electron chi connectivity index (χ0n) is 13.3. The topological polar surface area (TPSA) is 96.2 Å². The summed E-state index contributed by atoms with van der Waals surface area (Å²) >= 11 is 0. The predicted molar refractivity (Wildman–Crippen MR) is 84.2 cm³/mol. The van der Waals surface area contributed by atoms with Gasteiger partial charge in [0.15, 0.2) is 0 Å². The monoisotopic (exact) mass is 332 g/mol. The lowest BCUT2D eigenvalue weighted by Crippen LogP contribution is -2.12. The Morgan fingerprint density at radius 2 is 1.64 bits per heavy atom. The number of benzene rings is 1. The van der Waals surface area contributed by atoms with Crippen molar-refractivity contribution in [3.63, 3.8) is 0 Å². The minimum absolute atomic E-state index is 0.0103. The molecule has 0 fully saturated rings. The standard InChI is InChI=1S/C15H25O6P/c1-15(2,3)13-10-12(4-5-14(13)18)11-22(19,20-8-6-16)21-9-7-17/h4-5,10,16-18H,6-9,11H2,1-3H3. The zero-order chi connectivity index (χ0) is 16.8. The zero-order valence-corrected chi connectivity index (χ0v) is 14.2. The second kappa shape index (κ2) is 8.09. The van der Waals surface area contributed by atoms with Crippen molar-refractivity contribution in [1.82, 2.24) is 0 Å². The maximum absolute atomic E-state index is 12.6. The van der Waals surface area contributed by atoms with E-state index in [1.54, 1.807) is 18.2 Å². The van der Waals surface area contributed by atoms with Gasteiger partial charge in [-0.15, -0.1) is 0 Å². The van der Waals surface area contributed by atoms with Gasteiger partial charge in [-0.3, -0.25) is 4.57 Å². The van der Waals surface area contributed by atoms with Crippen molar-refractivity contribution >= 4 is 7.60 Å². The van der Waals surface area contributed by atoms with Gasteiger partial charge in [-0.05, 0) is 22.6 Å². The average Bonchev–Trinajstić information content (AvgIpc) is 2.44. The smallest absolute Gasteiger partial charge is 0.335 e. The van der Waals surface area contributed by atoms with Crippen molar-refractivity contribution < 1.29 is 28.9 Å². The number of aromatic hydroxyl groups is 1. The third-order valence-corrected chi connectivity index (χ3v) is 4.91. The highest BCUT2D eigenvalue weighted by Gasteiger charge is 2.26. The lowest BCUT2D eigenvalue weighted by molar-refractivity contribution is 0.140. The molecule has 0 unspecified atom stereocenters. The fourth-order valence-corrected chi connectivity index (χ4v) is 3.61. The largest absolute Gasteiger partial charge is 0.508 e. The molecule has 0 saturated heterocycles. The summed E-state index contributed by atoms with van der Waals surface area (Å²) < 4.78 is 22.9. The van der Waals surface area contributed by atoms with Gasteiger partial charge < -0.3 is 24.4 Å². The SMILES string of the molecule is CC(C)(C)c1cc(CP(=O)(OCCO)OCCO)ccc1O. The highest BCUT2D eigenvalue weighted by molar-refractivity contribution is 7.53. The first-order valence-corrected chi connectivity index (χ1v) is 8.87. The highest BCUT2D eigenvalue weighted by atomic mass is 31.2. The molecule has 0 aliphatic carbocycles. The normalized spacial score (nSPS) is 12.6. The van der Waals surface area contributed by atoms with Crippen LogP contribution in [0.5, 0.6) is 5.75 Å². The molecule has 126 valence electrons. The first-order chi connectivity index (χ1) is 10.2. The van der Waals surface area contributed by atoms with E-state index in [4.69, 9.17) is 19.3 Å². The van der Waals surface area contributed by atoms with Crippen LogP contribution in [0.2, 0.25) is 0 Å². The number of rotatable bonds is 8. The van der Waals surface area contributed by atoms with Gasteiger partial charge >= 0.3 is 7.60 Å². The maximum Gasteiger partial charge on any atom is 0.335 e. The molecule has 0 aliphatic rings. The molecule has 0 saturated carbocycles. The summed E-state index contributed by atoms with van der Waals surface area (Å²) in [4.78, 5) is 0. The molecule has 1 rings (SSSR count). The molecule has 0 spiro atoms. The lowest BCUT2D eigenvalue weighted by Gasteiger charge is -2.22. The van der Waals surface area contributed by atoms with Crippen LogP contribution in [0.1, 0.15) is 31.9 Å². The predicted octanol–water partition coefficient (Wildman–Crippen LogP) is 2.40. The molecule has 1 aromatic rings. The molecular formula is C15H25O6P. The van der Waals surface area contributed by atoms with E-state index in [1.165, 1.54) is 0 Å². The van der Waals surface area contributed by atoms with Crippen LogP contribution in [0.4, 0.5) is 0 Å². The van der Waals surface area contributed by atoms with Crippen LogP contribution < -0.4 is 0 Å². The van der Waals surface area contributed by atoms with Crippen LogP contribution in [-0.4, -0.2) is 41.7 Å². The maximum atomic E-state index is 12.6. The van der Waals surface area contributed by atoms with Crippen LogP contribution in [0.3, 0.4) is 0 Å². The number of phenols is 1. The molecule has 0 atom stereocenters. The first kappa shape index (κ1) is 19.1. The van der Waals surface area contributed by atoms with E-state index in [2.05, 4.69) is 0 Å². The van der Waals surface area contributed by atoms with Gasteiger partial charge in [0.1, 0.15) is 5.75 Å². The van der Waals surface area contributed by atoms with E-state index >= 15 is 0 Å². The number of phenolic OH excluding ortho intramolecular Hbond substituents is 1. The van der Waals surface area contributed by atoms with Gasteiger partial charge in [0.25, 0.3) is 0 Å². The van der Waals surface area contributed by atoms with Crippen LogP contribution in [0, 0.1) is 0 Å². The molecule has 0 amide bonds. The summed E-state index contributed by atoms with van der Waals surface area (Å²) in [5.74, 6) is 0.179. The van der Waals surface area contributed by atoms with Gasteiger partial charge in [-0.25, -0.2) is 0 Å². The molecule has 0 aliphatic heterocycles. The minimum atomic E-state index is -3.46. The number of hydrogen-bond donors (Lipinski definition) is 3. The van der Waals surface area contributed by atoms with Crippen molar-refractivity contribution in [2.24, 2.45) is 0 Å². The summed E-state index contributed by atoms with van der Waals surface area (Å²) in [5, 5.41) is 27.6. The third-order valence-electron chi connectivity index (χ3n) is 3.00. The number of aliphatic hydroxyl groups is 2. The molecule has 6 nitrogen and oxygen atoms in total. The molecule has 0 bridgehead atoms. The second-order valence-corrected chi connectivity index (χ2v) is 8.04. The first-order valence-electron chi connectivity index (χ1n) is 7.14. The van der Waals surface area contributed by atoms with Gasteiger partial charge in [-0.2, -0.15) is 0 Å². The Balaban J connectivity index is 3.00. The minimum Gasteiger partial charge on any atom is -0.508 e. The fraction of sp³-hybridized carbons (Fsp3) is 0.600. The summed E-state index contributed by atoms with van der Waals surface area (Å²) in [6, 6.07) is 4.98. The Morgan fingerprint density at radius 1 is 1.09 bits per heavy atom. The van der Waals surface area contributed by atoms with Crippen LogP contribution in [0.15, 0.2) is 18.2 Å². The molecule has 22 heavy (non-hydrogen) atoms. The van der Waals surface area contributed by atoms with E-state index in [0.717, 1.165) is 5.56 Å². The van der Waals surface area contributed by atoms with E-state index in [-0.39, 0.29) is 43.8 Å². The molecule has 0 radical (unpaired) electrons. The van der Waals surface area contributed by atoms with Crippen LogP contribution in [-0.2, 0) is 25.2 Å². The molecule has 7 heteroatoms. The summed E-state index contributed by atoms with van der Waals surface area (Å²) in [6.07, 6.45) is 0.0103. The fourth-order valence-electron chi connectivity index (χ4n) is 1.99. The van der Waals surface area contributed by atoms with Crippen molar-refractivity contribution in [3.8, 4) is 5.75 Å². The van der Waals surface area contributed by atoms with Crippen molar-refractivity contribution in [2.45, 2.75) is 32.3 Å². The van der Waals surface area contributed by atoms with Gasteiger partial charge in [0, 0.05) is 0 Å². The molecule has 0 aromatic heterocycles. The van der Waals surface area contributed by atoms with Crippen molar-refractivity contribution in [3.05, 3.63) is 29.3 Å². The van der Waals surface area contributed by atoms with Crippen molar-refractivity contribution in [2.75, 3.05) is 26.4 Å². The molecular weight excluding hydrogens is 307 g/mol. The summed E-state index contributed by atoms with van der Waals surface area (Å²) in [7, 11) is -3.46. The Labute approximate surface area is 131 Å². The van der Waals surface area contributed by atoms with Gasteiger partial charge in [0.2, 0.25) is 0 Å². The molecule has 0 heterocycles. The Kier molecular flexibility index (Phi) is 7.03. The van der Waals surface area contributed by atoms with Gasteiger partial charge in [-0.1, -0.05) is 32.9 Å². The van der Waals surface area contributed by atoms with Crippen molar-refractivity contribution in [1.29, 1.82) is 0 Å².